The molecule has 0 radical (unpaired) electrons. The molecule has 0 bridgehead atoms. The molecule has 1 heterocycles. The van der Waals surface area contributed by atoms with E-state index in [1.165, 1.54) is 25.1 Å². The molecular formula is C16H26N2O2. The van der Waals surface area contributed by atoms with Gasteiger partial charge in [0, 0.05) is 24.7 Å². The molecule has 0 saturated carbocycles. The first-order chi connectivity index (χ1) is 9.76. The van der Waals surface area contributed by atoms with Gasteiger partial charge in [-0.3, -0.25) is 4.90 Å². The predicted octanol–water partition coefficient (Wildman–Crippen LogP) is 2.14. The van der Waals surface area contributed by atoms with E-state index in [9.17, 15) is 0 Å². The van der Waals surface area contributed by atoms with Crippen molar-refractivity contribution >= 4 is 0 Å². The molecule has 1 aliphatic rings. The molecule has 1 aromatic carbocycles. The number of nitrogens with zero attached hydrogens (tertiary/aromatic N) is 1. The zero-order valence-electron chi connectivity index (χ0n) is 12.8. The maximum Gasteiger partial charge on any atom is 0.127 e. The Hall–Kier alpha value is -1.26. The van der Waals surface area contributed by atoms with E-state index in [4.69, 9.17) is 9.47 Å². The Balaban J connectivity index is 1.93. The molecule has 4 nitrogen and oxygen atoms in total. The molecular weight excluding hydrogens is 252 g/mol. The molecule has 1 N–H and O–H groups in total. The average Bonchev–Trinajstić information content (AvgIpc) is 2.93. The number of likely N-dealkylation sites (tertiary alicyclic amines) is 1. The first-order valence-corrected chi connectivity index (χ1v) is 7.40. The van der Waals surface area contributed by atoms with Crippen LogP contribution >= 0.6 is 0 Å². The third-order valence-electron chi connectivity index (χ3n) is 3.94. The molecule has 1 unspecified atom stereocenters. The standard InChI is InChI=1S/C16H26N2O2/c1-4-17-10-13-7-8-18(11-13)12-14-5-6-15(19-2)9-16(14)20-3/h5-6,9,13,17H,4,7-8,10-12H2,1-3H3. The Kier molecular flexibility index (Phi) is 5.68. The summed E-state index contributed by atoms with van der Waals surface area (Å²) in [5.74, 6) is 2.54. The van der Waals surface area contributed by atoms with Gasteiger partial charge in [0.2, 0.25) is 0 Å². The van der Waals surface area contributed by atoms with Gasteiger partial charge in [0.15, 0.2) is 0 Å². The predicted molar refractivity (Wildman–Crippen MR) is 81.5 cm³/mol. The molecule has 20 heavy (non-hydrogen) atoms. The fourth-order valence-corrected chi connectivity index (χ4v) is 2.79. The minimum Gasteiger partial charge on any atom is -0.497 e. The van der Waals surface area contributed by atoms with Gasteiger partial charge < -0.3 is 14.8 Å². The lowest BCUT2D eigenvalue weighted by Crippen LogP contribution is -2.26. The van der Waals surface area contributed by atoms with Crippen molar-refractivity contribution in [2.75, 3.05) is 40.4 Å². The third kappa shape index (κ3) is 3.87. The Morgan fingerprint density at radius 2 is 2.15 bits per heavy atom. The van der Waals surface area contributed by atoms with Crippen LogP contribution < -0.4 is 14.8 Å². The Morgan fingerprint density at radius 1 is 1.30 bits per heavy atom. The number of rotatable bonds is 7. The van der Waals surface area contributed by atoms with Gasteiger partial charge in [0.1, 0.15) is 11.5 Å². The van der Waals surface area contributed by atoms with Crippen molar-refractivity contribution in [2.24, 2.45) is 5.92 Å². The smallest absolute Gasteiger partial charge is 0.127 e. The maximum absolute atomic E-state index is 5.47. The quantitative estimate of drug-likeness (QED) is 0.828. The van der Waals surface area contributed by atoms with Crippen LogP contribution in [0.1, 0.15) is 18.9 Å². The fraction of sp³-hybridized carbons (Fsp3) is 0.625. The second-order valence-electron chi connectivity index (χ2n) is 5.38. The summed E-state index contributed by atoms with van der Waals surface area (Å²) in [7, 11) is 3.40. The zero-order valence-corrected chi connectivity index (χ0v) is 12.8. The van der Waals surface area contributed by atoms with E-state index < -0.39 is 0 Å². The van der Waals surface area contributed by atoms with Crippen LogP contribution in [0.5, 0.6) is 11.5 Å². The van der Waals surface area contributed by atoms with Gasteiger partial charge in [0.25, 0.3) is 0 Å². The molecule has 1 atom stereocenters. The highest BCUT2D eigenvalue weighted by molar-refractivity contribution is 5.40. The summed E-state index contributed by atoms with van der Waals surface area (Å²) in [4.78, 5) is 2.51. The SMILES string of the molecule is CCNCC1CCN(Cc2ccc(OC)cc2OC)C1. The molecule has 0 amide bonds. The van der Waals surface area contributed by atoms with Crippen molar-refractivity contribution in [3.63, 3.8) is 0 Å². The van der Waals surface area contributed by atoms with Crippen LogP contribution in [-0.2, 0) is 6.54 Å². The highest BCUT2D eigenvalue weighted by Crippen LogP contribution is 2.27. The summed E-state index contributed by atoms with van der Waals surface area (Å²) in [6.45, 7) is 7.65. The van der Waals surface area contributed by atoms with E-state index >= 15 is 0 Å². The highest BCUT2D eigenvalue weighted by Gasteiger charge is 2.22. The molecule has 1 aliphatic heterocycles. The van der Waals surface area contributed by atoms with Crippen molar-refractivity contribution in [3.05, 3.63) is 23.8 Å². The van der Waals surface area contributed by atoms with E-state index in [1.807, 2.05) is 12.1 Å². The molecule has 1 fully saturated rings. The molecule has 2 rings (SSSR count). The third-order valence-corrected chi connectivity index (χ3v) is 3.94. The number of methoxy groups -OCH3 is 2. The van der Waals surface area contributed by atoms with Gasteiger partial charge in [-0.05, 0) is 38.0 Å². The van der Waals surface area contributed by atoms with Gasteiger partial charge in [-0.1, -0.05) is 13.0 Å². The lowest BCUT2D eigenvalue weighted by Gasteiger charge is -2.18. The van der Waals surface area contributed by atoms with Crippen LogP contribution in [0.15, 0.2) is 18.2 Å². The second kappa shape index (κ2) is 7.50. The normalized spacial score (nSPS) is 19.2. The van der Waals surface area contributed by atoms with Gasteiger partial charge >= 0.3 is 0 Å². The number of nitrogens with one attached hydrogen (secondary N) is 1. The summed E-state index contributed by atoms with van der Waals surface area (Å²) >= 11 is 0. The topological polar surface area (TPSA) is 33.7 Å². The van der Waals surface area contributed by atoms with Crippen molar-refractivity contribution in [1.82, 2.24) is 10.2 Å². The van der Waals surface area contributed by atoms with E-state index in [0.717, 1.165) is 37.1 Å². The van der Waals surface area contributed by atoms with Gasteiger partial charge in [-0.15, -0.1) is 0 Å². The van der Waals surface area contributed by atoms with Crippen LogP contribution in [0.2, 0.25) is 0 Å². The van der Waals surface area contributed by atoms with Crippen LogP contribution in [0.25, 0.3) is 0 Å². The lowest BCUT2D eigenvalue weighted by molar-refractivity contribution is 0.306. The molecule has 1 aromatic rings. The first kappa shape index (κ1) is 15.1. The second-order valence-corrected chi connectivity index (χ2v) is 5.38. The summed E-state index contributed by atoms with van der Waals surface area (Å²) in [5.41, 5.74) is 1.23. The Morgan fingerprint density at radius 3 is 2.85 bits per heavy atom. The number of benzene rings is 1. The molecule has 0 spiro atoms. The van der Waals surface area contributed by atoms with E-state index in [-0.39, 0.29) is 0 Å². The summed E-state index contributed by atoms with van der Waals surface area (Å²) in [6, 6.07) is 6.07. The monoisotopic (exact) mass is 278 g/mol. The van der Waals surface area contributed by atoms with Gasteiger partial charge in [0.05, 0.1) is 14.2 Å². The minimum atomic E-state index is 0.777. The summed E-state index contributed by atoms with van der Waals surface area (Å²) in [6.07, 6.45) is 1.28. The van der Waals surface area contributed by atoms with Crippen LogP contribution in [0.3, 0.4) is 0 Å². The van der Waals surface area contributed by atoms with Crippen molar-refractivity contribution < 1.29 is 9.47 Å². The van der Waals surface area contributed by atoms with E-state index in [2.05, 4.69) is 23.2 Å². The van der Waals surface area contributed by atoms with E-state index in [1.54, 1.807) is 14.2 Å². The highest BCUT2D eigenvalue weighted by atomic mass is 16.5. The molecule has 0 aromatic heterocycles. The number of ether oxygens (including phenoxy) is 2. The zero-order chi connectivity index (χ0) is 14.4. The first-order valence-electron chi connectivity index (χ1n) is 7.40. The van der Waals surface area contributed by atoms with E-state index in [0.29, 0.717) is 0 Å². The lowest BCUT2D eigenvalue weighted by atomic mass is 10.1. The van der Waals surface area contributed by atoms with Crippen molar-refractivity contribution in [3.8, 4) is 11.5 Å². The minimum absolute atomic E-state index is 0.777. The van der Waals surface area contributed by atoms with Crippen molar-refractivity contribution in [1.29, 1.82) is 0 Å². The van der Waals surface area contributed by atoms with Gasteiger partial charge in [-0.25, -0.2) is 0 Å². The Bertz CT molecular complexity index is 423. The van der Waals surface area contributed by atoms with Crippen LogP contribution in [-0.4, -0.2) is 45.3 Å². The molecule has 0 aliphatic carbocycles. The summed E-state index contributed by atoms with van der Waals surface area (Å²) in [5, 5.41) is 3.44. The number of hydrogen-bond donors (Lipinski definition) is 1. The summed E-state index contributed by atoms with van der Waals surface area (Å²) < 4.78 is 10.7. The van der Waals surface area contributed by atoms with Crippen molar-refractivity contribution in [2.45, 2.75) is 19.9 Å². The molecule has 112 valence electrons. The van der Waals surface area contributed by atoms with Crippen LogP contribution in [0, 0.1) is 5.92 Å². The maximum atomic E-state index is 5.47. The fourth-order valence-electron chi connectivity index (χ4n) is 2.79. The Labute approximate surface area is 122 Å². The number of hydrogen-bond acceptors (Lipinski definition) is 4. The molecule has 4 heteroatoms. The molecule has 1 saturated heterocycles. The average molecular weight is 278 g/mol. The van der Waals surface area contributed by atoms with Gasteiger partial charge in [-0.2, -0.15) is 0 Å². The van der Waals surface area contributed by atoms with Crippen LogP contribution in [0.4, 0.5) is 0 Å². The largest absolute Gasteiger partial charge is 0.497 e.